The van der Waals surface area contributed by atoms with Gasteiger partial charge in [-0.15, -0.1) is 0 Å². The van der Waals surface area contributed by atoms with E-state index < -0.39 is 0 Å². The maximum absolute atomic E-state index is 14.0. The molecule has 0 atom stereocenters. The second kappa shape index (κ2) is 6.34. The van der Waals surface area contributed by atoms with E-state index in [9.17, 15) is 4.39 Å². The lowest BCUT2D eigenvalue weighted by molar-refractivity contribution is 0.411. The summed E-state index contributed by atoms with van der Waals surface area (Å²) < 4.78 is 19.0. The molecule has 0 aliphatic heterocycles. The number of methoxy groups -OCH3 is 1. The van der Waals surface area contributed by atoms with Gasteiger partial charge in [0.1, 0.15) is 11.6 Å². The van der Waals surface area contributed by atoms with Gasteiger partial charge in [0.15, 0.2) is 0 Å². The van der Waals surface area contributed by atoms with Crippen LogP contribution in [0, 0.1) is 5.82 Å². The molecule has 0 saturated heterocycles. The van der Waals surface area contributed by atoms with E-state index in [-0.39, 0.29) is 5.82 Å². The van der Waals surface area contributed by atoms with E-state index in [2.05, 4.69) is 12.2 Å². The molecule has 0 bridgehead atoms. The maximum Gasteiger partial charge on any atom is 0.134 e. The maximum atomic E-state index is 14.0. The quantitative estimate of drug-likeness (QED) is 0.885. The summed E-state index contributed by atoms with van der Waals surface area (Å²) >= 11 is 0. The number of halogens is 1. The summed E-state index contributed by atoms with van der Waals surface area (Å²) in [6.07, 6.45) is 0. The Morgan fingerprint density at radius 3 is 2.68 bits per heavy atom. The summed E-state index contributed by atoms with van der Waals surface area (Å²) in [5.74, 6) is 0.269. The third-order valence-electron chi connectivity index (χ3n) is 2.99. The molecule has 2 nitrogen and oxygen atoms in total. The predicted octanol–water partition coefficient (Wildman–Crippen LogP) is 3.61. The fraction of sp³-hybridized carbons (Fsp3) is 0.250. The van der Waals surface area contributed by atoms with E-state index in [0.29, 0.717) is 11.3 Å². The van der Waals surface area contributed by atoms with E-state index in [4.69, 9.17) is 4.74 Å². The molecule has 100 valence electrons. The molecule has 0 unspecified atom stereocenters. The van der Waals surface area contributed by atoms with Crippen molar-refractivity contribution in [2.24, 2.45) is 0 Å². The van der Waals surface area contributed by atoms with Crippen molar-refractivity contribution in [3.8, 4) is 16.9 Å². The van der Waals surface area contributed by atoms with Crippen molar-refractivity contribution in [3.63, 3.8) is 0 Å². The van der Waals surface area contributed by atoms with E-state index in [1.165, 1.54) is 13.2 Å². The Hall–Kier alpha value is -1.87. The topological polar surface area (TPSA) is 21.3 Å². The lowest BCUT2D eigenvalue weighted by atomic mass is 10.0. The van der Waals surface area contributed by atoms with Crippen LogP contribution < -0.4 is 10.1 Å². The number of benzene rings is 2. The molecule has 2 aromatic rings. The number of hydrogen-bond donors (Lipinski definition) is 1. The predicted molar refractivity (Wildman–Crippen MR) is 75.8 cm³/mol. The molecule has 0 fully saturated rings. The van der Waals surface area contributed by atoms with Gasteiger partial charge < -0.3 is 10.1 Å². The highest BCUT2D eigenvalue weighted by molar-refractivity contribution is 5.65. The lowest BCUT2D eigenvalue weighted by Crippen LogP contribution is -2.11. The minimum atomic E-state index is -0.264. The zero-order chi connectivity index (χ0) is 13.7. The lowest BCUT2D eigenvalue weighted by Gasteiger charge is -2.08. The molecule has 0 spiro atoms. The Bertz CT molecular complexity index is 554. The van der Waals surface area contributed by atoms with Crippen molar-refractivity contribution >= 4 is 0 Å². The van der Waals surface area contributed by atoms with Crippen LogP contribution in [0.1, 0.15) is 12.5 Å². The number of nitrogens with one attached hydrogen (secondary N) is 1. The van der Waals surface area contributed by atoms with Crippen molar-refractivity contribution in [1.29, 1.82) is 0 Å². The molecule has 1 N–H and O–H groups in total. The fourth-order valence-corrected chi connectivity index (χ4v) is 1.98. The number of rotatable bonds is 5. The van der Waals surface area contributed by atoms with Crippen LogP contribution in [0.25, 0.3) is 11.1 Å². The van der Waals surface area contributed by atoms with Gasteiger partial charge in [-0.2, -0.15) is 0 Å². The monoisotopic (exact) mass is 259 g/mol. The highest BCUT2D eigenvalue weighted by Crippen LogP contribution is 2.26. The number of ether oxygens (including phenoxy) is 1. The van der Waals surface area contributed by atoms with Crippen LogP contribution in [0.5, 0.6) is 5.75 Å². The molecular weight excluding hydrogens is 241 g/mol. The van der Waals surface area contributed by atoms with Gasteiger partial charge >= 0.3 is 0 Å². The largest absolute Gasteiger partial charge is 0.497 e. The zero-order valence-corrected chi connectivity index (χ0v) is 11.2. The Morgan fingerprint density at radius 1 is 1.16 bits per heavy atom. The van der Waals surface area contributed by atoms with E-state index in [1.807, 2.05) is 24.3 Å². The summed E-state index contributed by atoms with van der Waals surface area (Å²) in [5, 5.41) is 3.26. The number of hydrogen-bond acceptors (Lipinski definition) is 2. The van der Waals surface area contributed by atoms with Gasteiger partial charge in [0.25, 0.3) is 0 Å². The first kappa shape index (κ1) is 13.6. The van der Waals surface area contributed by atoms with Gasteiger partial charge in [0.2, 0.25) is 0 Å². The van der Waals surface area contributed by atoms with Gasteiger partial charge in [-0.05, 0) is 35.9 Å². The molecule has 0 radical (unpaired) electrons. The highest BCUT2D eigenvalue weighted by Gasteiger charge is 2.07. The van der Waals surface area contributed by atoms with Crippen molar-refractivity contribution in [1.82, 2.24) is 5.32 Å². The molecule has 3 heteroatoms. The average Bonchev–Trinajstić information content (AvgIpc) is 2.45. The zero-order valence-electron chi connectivity index (χ0n) is 11.2. The van der Waals surface area contributed by atoms with Crippen molar-refractivity contribution < 1.29 is 9.13 Å². The van der Waals surface area contributed by atoms with Crippen molar-refractivity contribution in [2.45, 2.75) is 13.5 Å². The van der Waals surface area contributed by atoms with Gasteiger partial charge in [-0.3, -0.25) is 0 Å². The average molecular weight is 259 g/mol. The third kappa shape index (κ3) is 3.32. The third-order valence-corrected chi connectivity index (χ3v) is 2.99. The van der Waals surface area contributed by atoms with Crippen LogP contribution in [-0.4, -0.2) is 13.7 Å². The Balaban J connectivity index is 2.30. The summed E-state index contributed by atoms with van der Waals surface area (Å²) in [5.41, 5.74) is 2.63. The van der Waals surface area contributed by atoms with Gasteiger partial charge in [0, 0.05) is 18.2 Å². The summed E-state index contributed by atoms with van der Waals surface area (Å²) in [4.78, 5) is 0. The molecule has 0 saturated carbocycles. The van der Waals surface area contributed by atoms with Gasteiger partial charge in [-0.1, -0.05) is 25.1 Å². The highest BCUT2D eigenvalue weighted by atomic mass is 19.1. The minimum absolute atomic E-state index is 0.264. The molecule has 0 aliphatic rings. The molecule has 2 aromatic carbocycles. The first-order valence-corrected chi connectivity index (χ1v) is 6.38. The van der Waals surface area contributed by atoms with Crippen molar-refractivity contribution in [3.05, 3.63) is 53.8 Å². The fourth-order valence-electron chi connectivity index (χ4n) is 1.98. The molecule has 0 aromatic heterocycles. The van der Waals surface area contributed by atoms with Crippen LogP contribution in [0.4, 0.5) is 4.39 Å². The van der Waals surface area contributed by atoms with E-state index >= 15 is 0 Å². The Morgan fingerprint density at radius 2 is 2.00 bits per heavy atom. The molecule has 0 heterocycles. The Kier molecular flexibility index (Phi) is 4.53. The van der Waals surface area contributed by atoms with Crippen LogP contribution in [-0.2, 0) is 6.54 Å². The van der Waals surface area contributed by atoms with Crippen LogP contribution in [0.3, 0.4) is 0 Å². The molecule has 0 aliphatic carbocycles. The molecule has 0 amide bonds. The van der Waals surface area contributed by atoms with Crippen LogP contribution in [0.2, 0.25) is 0 Å². The van der Waals surface area contributed by atoms with Gasteiger partial charge in [0.05, 0.1) is 7.11 Å². The minimum Gasteiger partial charge on any atom is -0.497 e. The molecule has 2 rings (SSSR count). The second-order valence-electron chi connectivity index (χ2n) is 4.33. The van der Waals surface area contributed by atoms with Crippen LogP contribution in [0.15, 0.2) is 42.5 Å². The normalized spacial score (nSPS) is 10.5. The van der Waals surface area contributed by atoms with Crippen molar-refractivity contribution in [2.75, 3.05) is 13.7 Å². The smallest absolute Gasteiger partial charge is 0.134 e. The van der Waals surface area contributed by atoms with E-state index in [0.717, 1.165) is 24.2 Å². The summed E-state index contributed by atoms with van der Waals surface area (Å²) in [6.45, 7) is 3.77. The molecule has 19 heavy (non-hydrogen) atoms. The molecular formula is C16H18FNO. The summed E-state index contributed by atoms with van der Waals surface area (Å²) in [6, 6.07) is 12.8. The second-order valence-corrected chi connectivity index (χ2v) is 4.33. The van der Waals surface area contributed by atoms with E-state index in [1.54, 1.807) is 12.1 Å². The summed E-state index contributed by atoms with van der Waals surface area (Å²) in [7, 11) is 1.53. The standard InChI is InChI=1S/C16H18FNO/c1-3-18-11-12-5-4-6-13(9-12)15-8-7-14(19-2)10-16(15)17/h4-10,18H,3,11H2,1-2H3. The van der Waals surface area contributed by atoms with Gasteiger partial charge in [-0.25, -0.2) is 4.39 Å². The Labute approximate surface area is 113 Å². The first-order valence-electron chi connectivity index (χ1n) is 6.38. The SMILES string of the molecule is CCNCc1cccc(-c2ccc(OC)cc2F)c1. The van der Waals surface area contributed by atoms with Crippen LogP contribution >= 0.6 is 0 Å². The first-order chi connectivity index (χ1) is 9.24.